The molecule has 0 spiro atoms. The highest BCUT2D eigenvalue weighted by Gasteiger charge is 2.18. The predicted octanol–water partition coefficient (Wildman–Crippen LogP) is 1.65. The summed E-state index contributed by atoms with van der Waals surface area (Å²) in [6.07, 6.45) is 3.66. The van der Waals surface area contributed by atoms with Gasteiger partial charge in [-0.05, 0) is 36.1 Å². The van der Waals surface area contributed by atoms with E-state index in [9.17, 15) is 9.90 Å². The van der Waals surface area contributed by atoms with E-state index in [1.807, 2.05) is 6.92 Å². The summed E-state index contributed by atoms with van der Waals surface area (Å²) in [5.74, 6) is -0.200. The number of fused-ring (bicyclic) bond motifs is 1. The Morgan fingerprint density at radius 1 is 1.32 bits per heavy atom. The van der Waals surface area contributed by atoms with Crippen molar-refractivity contribution in [3.63, 3.8) is 0 Å². The number of carbonyl (C=O) groups is 1. The second-order valence-corrected chi connectivity index (χ2v) is 6.37. The number of aliphatic hydroxyl groups excluding tert-OH is 1. The number of aromatic nitrogens is 1. The molecule has 1 atom stereocenters. The molecule has 1 aliphatic heterocycles. The van der Waals surface area contributed by atoms with Gasteiger partial charge >= 0.3 is 0 Å². The van der Waals surface area contributed by atoms with Crippen LogP contribution in [0.5, 0.6) is 0 Å². The number of carbonyl (C=O) groups excluding carboxylic acids is 1. The lowest BCUT2D eigenvalue weighted by atomic mass is 10.00. The lowest BCUT2D eigenvalue weighted by molar-refractivity contribution is 0.0841. The van der Waals surface area contributed by atoms with Gasteiger partial charge in [-0.1, -0.05) is 24.3 Å². The van der Waals surface area contributed by atoms with Crippen molar-refractivity contribution < 1.29 is 9.90 Å². The van der Waals surface area contributed by atoms with Gasteiger partial charge in [0.05, 0.1) is 11.7 Å². The number of aryl methyl sites for hydroxylation is 1. The Bertz CT molecular complexity index is 723. The van der Waals surface area contributed by atoms with Crippen molar-refractivity contribution in [3.8, 4) is 0 Å². The maximum atomic E-state index is 12.1. The highest BCUT2D eigenvalue weighted by molar-refractivity contribution is 7.59. The van der Waals surface area contributed by atoms with Crippen LogP contribution in [0.1, 0.15) is 27.0 Å². The van der Waals surface area contributed by atoms with Crippen LogP contribution in [0.15, 0.2) is 42.7 Å². The third-order valence-corrected chi connectivity index (χ3v) is 4.31. The maximum Gasteiger partial charge on any atom is 0.252 e. The molecule has 2 N–H and O–H groups in total. The van der Waals surface area contributed by atoms with Crippen LogP contribution in [-0.4, -0.2) is 46.6 Å². The standard InChI is InChI=1S/C19H23N3O2.H2S/c1-14-8-17(10-20-9-14)19(24)21-11-18(23)13-22-7-6-15-4-2-3-5-16(15)12-22;/h2-5,8-10,18,23H,6-7,11-13H2,1H3,(H,21,24);1H2/t18-;/m0./s1. The lowest BCUT2D eigenvalue weighted by Gasteiger charge is -2.30. The van der Waals surface area contributed by atoms with Crippen LogP contribution in [0.4, 0.5) is 0 Å². The molecule has 0 saturated carbocycles. The van der Waals surface area contributed by atoms with E-state index in [-0.39, 0.29) is 25.9 Å². The van der Waals surface area contributed by atoms with E-state index in [1.54, 1.807) is 12.3 Å². The summed E-state index contributed by atoms with van der Waals surface area (Å²) in [7, 11) is 0. The van der Waals surface area contributed by atoms with Gasteiger partial charge in [0.25, 0.3) is 5.91 Å². The number of hydrogen-bond acceptors (Lipinski definition) is 4. The minimum Gasteiger partial charge on any atom is -0.390 e. The summed E-state index contributed by atoms with van der Waals surface area (Å²) in [6, 6.07) is 10.2. The molecule has 0 saturated heterocycles. The van der Waals surface area contributed by atoms with Crippen molar-refractivity contribution >= 4 is 19.4 Å². The number of pyridine rings is 1. The summed E-state index contributed by atoms with van der Waals surface area (Å²) in [5.41, 5.74) is 4.18. The van der Waals surface area contributed by atoms with Gasteiger partial charge in [0, 0.05) is 38.6 Å². The summed E-state index contributed by atoms with van der Waals surface area (Å²) in [6.45, 7) is 4.48. The van der Waals surface area contributed by atoms with E-state index in [0.717, 1.165) is 25.1 Å². The fraction of sp³-hybridized carbons (Fsp3) is 0.368. The van der Waals surface area contributed by atoms with Crippen LogP contribution in [0.3, 0.4) is 0 Å². The van der Waals surface area contributed by atoms with Gasteiger partial charge in [0.15, 0.2) is 0 Å². The number of benzene rings is 1. The highest BCUT2D eigenvalue weighted by atomic mass is 32.1. The van der Waals surface area contributed by atoms with Crippen molar-refractivity contribution in [1.29, 1.82) is 0 Å². The number of nitrogens with zero attached hydrogens (tertiary/aromatic N) is 2. The molecule has 25 heavy (non-hydrogen) atoms. The number of rotatable bonds is 5. The van der Waals surface area contributed by atoms with E-state index in [4.69, 9.17) is 0 Å². The number of amides is 1. The van der Waals surface area contributed by atoms with Gasteiger partial charge < -0.3 is 10.4 Å². The van der Waals surface area contributed by atoms with Crippen LogP contribution in [0, 0.1) is 6.92 Å². The summed E-state index contributed by atoms with van der Waals surface area (Å²) < 4.78 is 0. The zero-order valence-corrected chi connectivity index (χ0v) is 15.4. The fourth-order valence-corrected chi connectivity index (χ4v) is 3.06. The molecule has 0 unspecified atom stereocenters. The fourth-order valence-electron chi connectivity index (χ4n) is 3.06. The third-order valence-electron chi connectivity index (χ3n) is 4.31. The topological polar surface area (TPSA) is 65.5 Å². The smallest absolute Gasteiger partial charge is 0.252 e. The molecule has 134 valence electrons. The maximum absolute atomic E-state index is 12.1. The molecule has 5 nitrogen and oxygen atoms in total. The first kappa shape index (κ1) is 19.4. The second kappa shape index (κ2) is 8.99. The minimum atomic E-state index is -0.586. The Hall–Kier alpha value is -1.89. The predicted molar refractivity (Wildman–Crippen MR) is 103 cm³/mol. The van der Waals surface area contributed by atoms with Gasteiger partial charge in [-0.2, -0.15) is 13.5 Å². The molecule has 6 heteroatoms. The molecule has 1 aromatic heterocycles. The molecular formula is C19H25N3O2S. The molecule has 1 aliphatic rings. The molecule has 2 heterocycles. The summed E-state index contributed by atoms with van der Waals surface area (Å²) in [5, 5.41) is 13.0. The first-order valence-corrected chi connectivity index (χ1v) is 8.29. The Balaban J connectivity index is 0.00000225. The van der Waals surface area contributed by atoms with Crippen LogP contribution in [-0.2, 0) is 13.0 Å². The lowest BCUT2D eigenvalue weighted by Crippen LogP contribution is -2.42. The van der Waals surface area contributed by atoms with E-state index in [0.29, 0.717) is 12.1 Å². The average Bonchev–Trinajstić information content (AvgIpc) is 2.59. The van der Waals surface area contributed by atoms with Gasteiger partial charge in [-0.15, -0.1) is 0 Å². The van der Waals surface area contributed by atoms with Gasteiger partial charge in [-0.3, -0.25) is 14.7 Å². The van der Waals surface area contributed by atoms with E-state index < -0.39 is 6.10 Å². The van der Waals surface area contributed by atoms with Crippen molar-refractivity contribution in [1.82, 2.24) is 15.2 Å². The Labute approximate surface area is 155 Å². The van der Waals surface area contributed by atoms with Gasteiger partial charge in [0.2, 0.25) is 0 Å². The monoisotopic (exact) mass is 359 g/mol. The van der Waals surface area contributed by atoms with Crippen molar-refractivity contribution in [2.75, 3.05) is 19.6 Å². The molecular weight excluding hydrogens is 334 g/mol. The molecule has 1 amide bonds. The zero-order valence-electron chi connectivity index (χ0n) is 14.4. The SMILES string of the molecule is Cc1cncc(C(=O)NC[C@H](O)CN2CCc3ccccc3C2)c1.S. The largest absolute Gasteiger partial charge is 0.390 e. The van der Waals surface area contributed by atoms with Gasteiger partial charge in [-0.25, -0.2) is 0 Å². The van der Waals surface area contributed by atoms with Crippen LogP contribution in [0.2, 0.25) is 0 Å². The van der Waals surface area contributed by atoms with Crippen LogP contribution in [0.25, 0.3) is 0 Å². The Kier molecular flexibility index (Phi) is 6.99. The minimum absolute atomic E-state index is 0. The average molecular weight is 359 g/mol. The molecule has 0 radical (unpaired) electrons. The third kappa shape index (κ3) is 5.29. The van der Waals surface area contributed by atoms with E-state index >= 15 is 0 Å². The van der Waals surface area contributed by atoms with Gasteiger partial charge in [0.1, 0.15) is 0 Å². The highest BCUT2D eigenvalue weighted by Crippen LogP contribution is 2.18. The number of hydrogen-bond donors (Lipinski definition) is 2. The molecule has 0 fully saturated rings. The molecule has 3 rings (SSSR count). The molecule has 2 aromatic rings. The summed E-state index contributed by atoms with van der Waals surface area (Å²) >= 11 is 0. The molecule has 0 bridgehead atoms. The van der Waals surface area contributed by atoms with E-state index in [2.05, 4.69) is 39.5 Å². The molecule has 1 aromatic carbocycles. The Morgan fingerprint density at radius 3 is 2.84 bits per heavy atom. The van der Waals surface area contributed by atoms with Crippen LogP contribution < -0.4 is 5.32 Å². The van der Waals surface area contributed by atoms with Crippen LogP contribution >= 0.6 is 13.5 Å². The van der Waals surface area contributed by atoms with Crippen molar-refractivity contribution in [2.24, 2.45) is 0 Å². The van der Waals surface area contributed by atoms with E-state index in [1.165, 1.54) is 17.3 Å². The first-order chi connectivity index (χ1) is 11.6. The van der Waals surface area contributed by atoms with Crippen molar-refractivity contribution in [3.05, 3.63) is 65.0 Å². The zero-order chi connectivity index (χ0) is 16.9. The number of β-amino-alcohol motifs (C(OH)–C–C–N with tert-alkyl or cyclic N) is 1. The first-order valence-electron chi connectivity index (χ1n) is 8.29. The number of nitrogens with one attached hydrogen (secondary N) is 1. The van der Waals surface area contributed by atoms with Crippen molar-refractivity contribution in [2.45, 2.75) is 26.0 Å². The quantitative estimate of drug-likeness (QED) is 0.852. The second-order valence-electron chi connectivity index (χ2n) is 6.37. The summed E-state index contributed by atoms with van der Waals surface area (Å²) in [4.78, 5) is 18.3. The Morgan fingerprint density at radius 2 is 2.08 bits per heavy atom. The number of aliphatic hydroxyl groups is 1. The molecule has 0 aliphatic carbocycles. The normalized spacial score (nSPS) is 15.0.